The van der Waals surface area contributed by atoms with Crippen LogP contribution in [0.25, 0.3) is 0 Å². The van der Waals surface area contributed by atoms with Gasteiger partial charge in [-0.15, -0.1) is 0 Å². The van der Waals surface area contributed by atoms with Gasteiger partial charge in [0.25, 0.3) is 0 Å². The molecule has 0 rings (SSSR count). The van der Waals surface area contributed by atoms with Crippen LogP contribution in [0.5, 0.6) is 0 Å². The third-order valence-electron chi connectivity index (χ3n) is 2.94. The molecule has 0 radical (unpaired) electrons. The van der Waals surface area contributed by atoms with Crippen molar-refractivity contribution in [1.82, 2.24) is 5.32 Å². The van der Waals surface area contributed by atoms with Crippen molar-refractivity contribution in [2.45, 2.75) is 53.4 Å². The van der Waals surface area contributed by atoms with E-state index in [-0.39, 0.29) is 23.8 Å². The standard InChI is InChI=1S/C13H27NO2/c1-5-6-7-8-13(3,4)12(16)14-9-11(2)10-15/h11,15H,5-10H2,1-4H3,(H,14,16). The lowest BCUT2D eigenvalue weighted by atomic mass is 9.86. The van der Waals surface area contributed by atoms with Crippen LogP contribution in [0.15, 0.2) is 0 Å². The van der Waals surface area contributed by atoms with E-state index in [2.05, 4.69) is 12.2 Å². The summed E-state index contributed by atoms with van der Waals surface area (Å²) < 4.78 is 0. The Morgan fingerprint density at radius 1 is 1.38 bits per heavy atom. The van der Waals surface area contributed by atoms with Crippen molar-refractivity contribution in [1.29, 1.82) is 0 Å². The minimum absolute atomic E-state index is 0.101. The molecule has 0 aromatic rings. The second kappa shape index (κ2) is 7.66. The summed E-state index contributed by atoms with van der Waals surface area (Å²) >= 11 is 0. The predicted octanol–water partition coefficient (Wildman–Crippen LogP) is 2.34. The average molecular weight is 229 g/mol. The maximum atomic E-state index is 11.9. The third kappa shape index (κ3) is 6.11. The number of aliphatic hydroxyl groups excluding tert-OH is 1. The van der Waals surface area contributed by atoms with Crippen molar-refractivity contribution in [3.63, 3.8) is 0 Å². The number of hydrogen-bond donors (Lipinski definition) is 2. The van der Waals surface area contributed by atoms with Crippen molar-refractivity contribution < 1.29 is 9.90 Å². The molecule has 0 saturated carbocycles. The highest BCUT2D eigenvalue weighted by molar-refractivity contribution is 5.81. The van der Waals surface area contributed by atoms with Gasteiger partial charge >= 0.3 is 0 Å². The van der Waals surface area contributed by atoms with E-state index < -0.39 is 0 Å². The molecule has 0 aromatic carbocycles. The Balaban J connectivity index is 3.93. The molecule has 0 bridgehead atoms. The molecule has 0 fully saturated rings. The molecule has 0 aliphatic heterocycles. The number of carbonyl (C=O) groups excluding carboxylic acids is 1. The van der Waals surface area contributed by atoms with Crippen LogP contribution >= 0.6 is 0 Å². The number of rotatable bonds is 8. The second-order valence-electron chi connectivity index (χ2n) is 5.34. The van der Waals surface area contributed by atoms with Gasteiger partial charge in [-0.25, -0.2) is 0 Å². The maximum absolute atomic E-state index is 11.9. The van der Waals surface area contributed by atoms with Crippen LogP contribution in [0.1, 0.15) is 53.4 Å². The Morgan fingerprint density at radius 3 is 2.50 bits per heavy atom. The Hall–Kier alpha value is -0.570. The second-order valence-corrected chi connectivity index (χ2v) is 5.34. The van der Waals surface area contributed by atoms with Crippen LogP contribution in [-0.2, 0) is 4.79 Å². The zero-order valence-electron chi connectivity index (χ0n) is 11.2. The summed E-state index contributed by atoms with van der Waals surface area (Å²) in [5, 5.41) is 11.8. The Bertz CT molecular complexity index is 202. The zero-order chi connectivity index (χ0) is 12.6. The first kappa shape index (κ1) is 15.4. The molecule has 16 heavy (non-hydrogen) atoms. The lowest BCUT2D eigenvalue weighted by Gasteiger charge is -2.24. The first-order valence-corrected chi connectivity index (χ1v) is 6.33. The molecule has 3 heteroatoms. The zero-order valence-corrected chi connectivity index (χ0v) is 11.2. The van der Waals surface area contributed by atoms with E-state index >= 15 is 0 Å². The molecule has 0 aliphatic rings. The topological polar surface area (TPSA) is 49.3 Å². The van der Waals surface area contributed by atoms with Gasteiger partial charge in [-0.3, -0.25) is 4.79 Å². The molecule has 1 atom stereocenters. The fraction of sp³-hybridized carbons (Fsp3) is 0.923. The first-order chi connectivity index (χ1) is 7.44. The Kier molecular flexibility index (Phi) is 7.39. The van der Waals surface area contributed by atoms with E-state index in [0.29, 0.717) is 6.54 Å². The van der Waals surface area contributed by atoms with Gasteiger partial charge in [-0.2, -0.15) is 0 Å². The summed E-state index contributed by atoms with van der Waals surface area (Å²) in [6, 6.07) is 0. The lowest BCUT2D eigenvalue weighted by Crippen LogP contribution is -2.39. The molecule has 0 aliphatic carbocycles. The van der Waals surface area contributed by atoms with Gasteiger partial charge < -0.3 is 10.4 Å². The molecular formula is C13H27NO2. The summed E-state index contributed by atoms with van der Waals surface area (Å²) in [5.74, 6) is 0.235. The van der Waals surface area contributed by atoms with Gasteiger partial charge in [0.1, 0.15) is 0 Å². The molecule has 2 N–H and O–H groups in total. The van der Waals surface area contributed by atoms with Gasteiger partial charge in [0.15, 0.2) is 0 Å². The molecular weight excluding hydrogens is 202 g/mol. The number of carbonyl (C=O) groups is 1. The smallest absolute Gasteiger partial charge is 0.225 e. The van der Waals surface area contributed by atoms with Crippen LogP contribution in [0.3, 0.4) is 0 Å². The van der Waals surface area contributed by atoms with Crippen molar-refractivity contribution >= 4 is 5.91 Å². The van der Waals surface area contributed by atoms with E-state index in [4.69, 9.17) is 5.11 Å². The highest BCUT2D eigenvalue weighted by Crippen LogP contribution is 2.23. The van der Waals surface area contributed by atoms with E-state index in [1.807, 2.05) is 20.8 Å². The minimum Gasteiger partial charge on any atom is -0.396 e. The lowest BCUT2D eigenvalue weighted by molar-refractivity contribution is -0.130. The van der Waals surface area contributed by atoms with Crippen molar-refractivity contribution in [2.75, 3.05) is 13.2 Å². The molecule has 1 unspecified atom stereocenters. The highest BCUT2D eigenvalue weighted by Gasteiger charge is 2.26. The van der Waals surface area contributed by atoms with E-state index in [9.17, 15) is 4.79 Å². The minimum atomic E-state index is -0.287. The summed E-state index contributed by atoms with van der Waals surface area (Å²) in [4.78, 5) is 11.9. The monoisotopic (exact) mass is 229 g/mol. The summed E-state index contributed by atoms with van der Waals surface area (Å²) in [6.45, 7) is 8.74. The molecule has 0 heterocycles. The molecule has 1 amide bonds. The average Bonchev–Trinajstić information content (AvgIpc) is 2.25. The van der Waals surface area contributed by atoms with Gasteiger partial charge in [0.2, 0.25) is 5.91 Å². The summed E-state index contributed by atoms with van der Waals surface area (Å²) in [5.41, 5.74) is -0.287. The van der Waals surface area contributed by atoms with E-state index in [1.54, 1.807) is 0 Å². The SMILES string of the molecule is CCCCCC(C)(C)C(=O)NCC(C)CO. The first-order valence-electron chi connectivity index (χ1n) is 6.33. The molecule has 0 spiro atoms. The van der Waals surface area contributed by atoms with Crippen LogP contribution in [-0.4, -0.2) is 24.2 Å². The molecule has 96 valence electrons. The van der Waals surface area contributed by atoms with Gasteiger partial charge in [-0.1, -0.05) is 47.0 Å². The maximum Gasteiger partial charge on any atom is 0.225 e. The van der Waals surface area contributed by atoms with Crippen molar-refractivity contribution in [3.05, 3.63) is 0 Å². The van der Waals surface area contributed by atoms with Gasteiger partial charge in [0.05, 0.1) is 0 Å². The number of unbranched alkanes of at least 4 members (excludes halogenated alkanes) is 2. The highest BCUT2D eigenvalue weighted by atomic mass is 16.3. The number of hydrogen-bond acceptors (Lipinski definition) is 2. The Labute approximate surface area is 99.6 Å². The van der Waals surface area contributed by atoms with Crippen LogP contribution < -0.4 is 5.32 Å². The normalized spacial score (nSPS) is 13.6. The van der Waals surface area contributed by atoms with E-state index in [0.717, 1.165) is 12.8 Å². The fourth-order valence-corrected chi connectivity index (χ4v) is 1.50. The number of amides is 1. The fourth-order valence-electron chi connectivity index (χ4n) is 1.50. The quantitative estimate of drug-likeness (QED) is 0.628. The van der Waals surface area contributed by atoms with E-state index in [1.165, 1.54) is 12.8 Å². The number of nitrogens with one attached hydrogen (secondary N) is 1. The predicted molar refractivity (Wildman–Crippen MR) is 67.2 cm³/mol. The third-order valence-corrected chi connectivity index (χ3v) is 2.94. The largest absolute Gasteiger partial charge is 0.396 e. The van der Waals surface area contributed by atoms with Crippen molar-refractivity contribution in [3.8, 4) is 0 Å². The molecule has 0 aromatic heterocycles. The van der Waals surface area contributed by atoms with Crippen LogP contribution in [0.4, 0.5) is 0 Å². The summed E-state index contributed by atoms with van der Waals surface area (Å²) in [7, 11) is 0. The molecule has 3 nitrogen and oxygen atoms in total. The Morgan fingerprint density at radius 2 is 2.00 bits per heavy atom. The van der Waals surface area contributed by atoms with Crippen LogP contribution in [0.2, 0.25) is 0 Å². The summed E-state index contributed by atoms with van der Waals surface area (Å²) in [6.07, 6.45) is 4.40. The van der Waals surface area contributed by atoms with Crippen molar-refractivity contribution in [2.24, 2.45) is 11.3 Å². The van der Waals surface area contributed by atoms with Gasteiger partial charge in [-0.05, 0) is 12.3 Å². The van der Waals surface area contributed by atoms with Crippen LogP contribution in [0, 0.1) is 11.3 Å². The number of aliphatic hydroxyl groups is 1. The molecule has 0 saturated heterocycles. The van der Waals surface area contributed by atoms with Gasteiger partial charge in [0, 0.05) is 18.6 Å².